The number of amides is 1. The van der Waals surface area contributed by atoms with E-state index in [9.17, 15) is 4.79 Å². The highest BCUT2D eigenvalue weighted by atomic mass is 32.2. The summed E-state index contributed by atoms with van der Waals surface area (Å²) in [5.41, 5.74) is 4.09. The lowest BCUT2D eigenvalue weighted by Crippen LogP contribution is -2.27. The molecule has 0 N–H and O–H groups in total. The number of rotatable bonds is 9. The number of benzene rings is 3. The third-order valence-electron chi connectivity index (χ3n) is 5.75. The molecule has 0 aliphatic carbocycles. The van der Waals surface area contributed by atoms with Gasteiger partial charge in [-0.15, -0.1) is 10.2 Å². The van der Waals surface area contributed by atoms with E-state index in [0.717, 1.165) is 28.3 Å². The van der Waals surface area contributed by atoms with Crippen LogP contribution in [-0.4, -0.2) is 48.2 Å². The first-order valence-corrected chi connectivity index (χ1v) is 12.7. The number of para-hydroxylation sites is 2. The van der Waals surface area contributed by atoms with Crippen LogP contribution in [0.1, 0.15) is 17.0 Å². The van der Waals surface area contributed by atoms with Gasteiger partial charge < -0.3 is 4.90 Å². The molecule has 0 saturated heterocycles. The van der Waals surface area contributed by atoms with Gasteiger partial charge in [-0.3, -0.25) is 9.36 Å². The maximum absolute atomic E-state index is 13.0. The summed E-state index contributed by atoms with van der Waals surface area (Å²) in [5.74, 6) is 1.11. The van der Waals surface area contributed by atoms with Gasteiger partial charge in [0.1, 0.15) is 5.82 Å². The molecule has 2 aromatic heterocycles. The zero-order valence-corrected chi connectivity index (χ0v) is 20.8. The molecule has 180 valence electrons. The first-order chi connectivity index (χ1) is 17.7. The molecule has 0 bridgehead atoms. The second-order valence-electron chi connectivity index (χ2n) is 8.40. The Bertz CT molecular complexity index is 1420. The molecule has 0 saturated carbocycles. The molecule has 0 fully saturated rings. The predicted molar refractivity (Wildman–Crippen MR) is 141 cm³/mol. The molecule has 0 radical (unpaired) electrons. The van der Waals surface area contributed by atoms with Gasteiger partial charge >= 0.3 is 0 Å². The van der Waals surface area contributed by atoms with Crippen molar-refractivity contribution in [2.75, 3.05) is 12.8 Å². The van der Waals surface area contributed by atoms with E-state index in [1.54, 1.807) is 11.1 Å². The van der Waals surface area contributed by atoms with E-state index in [1.165, 1.54) is 11.8 Å². The van der Waals surface area contributed by atoms with Gasteiger partial charge in [-0.05, 0) is 29.8 Å². The van der Waals surface area contributed by atoms with Crippen LogP contribution in [0.4, 0.5) is 0 Å². The Kier molecular flexibility index (Phi) is 7.23. The minimum absolute atomic E-state index is 0.0136. The van der Waals surface area contributed by atoms with Crippen molar-refractivity contribution in [2.24, 2.45) is 0 Å². The molecule has 0 atom stereocenters. The highest BCUT2D eigenvalue weighted by molar-refractivity contribution is 7.99. The molecule has 2 heterocycles. The molecular formula is C28H26N6OS. The number of aromatic nitrogens is 5. The van der Waals surface area contributed by atoms with Gasteiger partial charge in [0.25, 0.3) is 0 Å². The molecule has 0 spiro atoms. The lowest BCUT2D eigenvalue weighted by Gasteiger charge is -2.16. The normalized spacial score (nSPS) is 10.9. The number of thioether (sulfide) groups is 1. The Morgan fingerprint density at radius 1 is 0.833 bits per heavy atom. The summed E-state index contributed by atoms with van der Waals surface area (Å²) in [7, 11) is 1.81. The Balaban J connectivity index is 1.27. The molecule has 0 unspecified atom stereocenters. The van der Waals surface area contributed by atoms with E-state index in [0.29, 0.717) is 18.1 Å². The van der Waals surface area contributed by atoms with Crippen LogP contribution in [0.3, 0.4) is 0 Å². The number of carbonyl (C=O) groups is 1. The lowest BCUT2D eigenvalue weighted by molar-refractivity contribution is -0.127. The summed E-state index contributed by atoms with van der Waals surface area (Å²) in [6.45, 7) is 0.483. The van der Waals surface area contributed by atoms with Gasteiger partial charge in [-0.25, -0.2) is 4.68 Å². The number of carbonyl (C=O) groups excluding carboxylic acids is 1. The topological polar surface area (TPSA) is 68.8 Å². The Hall–Kier alpha value is -4.17. The highest BCUT2D eigenvalue weighted by Crippen LogP contribution is 2.24. The van der Waals surface area contributed by atoms with Gasteiger partial charge in [0.15, 0.2) is 5.16 Å². The summed E-state index contributed by atoms with van der Waals surface area (Å²) in [4.78, 5) is 14.7. The average molecular weight is 495 g/mol. The third-order valence-corrected chi connectivity index (χ3v) is 6.66. The van der Waals surface area contributed by atoms with Gasteiger partial charge in [0.05, 0.1) is 17.6 Å². The molecule has 0 aliphatic rings. The molecule has 3 aromatic carbocycles. The van der Waals surface area contributed by atoms with Crippen LogP contribution < -0.4 is 0 Å². The molecule has 8 heteroatoms. The van der Waals surface area contributed by atoms with Crippen LogP contribution in [0.25, 0.3) is 11.4 Å². The summed E-state index contributed by atoms with van der Waals surface area (Å²) in [5, 5.41) is 14.0. The van der Waals surface area contributed by atoms with E-state index < -0.39 is 0 Å². The Morgan fingerprint density at radius 2 is 1.47 bits per heavy atom. The summed E-state index contributed by atoms with van der Waals surface area (Å²) >= 11 is 1.40. The second-order valence-corrected chi connectivity index (χ2v) is 9.34. The van der Waals surface area contributed by atoms with Crippen molar-refractivity contribution < 1.29 is 4.79 Å². The predicted octanol–water partition coefficient (Wildman–Crippen LogP) is 4.79. The van der Waals surface area contributed by atoms with E-state index in [1.807, 2.05) is 101 Å². The van der Waals surface area contributed by atoms with E-state index >= 15 is 0 Å². The number of hydrogen-bond donors (Lipinski definition) is 0. The van der Waals surface area contributed by atoms with Crippen LogP contribution in [0, 0.1) is 0 Å². The zero-order valence-electron chi connectivity index (χ0n) is 19.9. The first kappa shape index (κ1) is 23.6. The smallest absolute Gasteiger partial charge is 0.233 e. The molecule has 36 heavy (non-hydrogen) atoms. The molecule has 5 rings (SSSR count). The maximum atomic E-state index is 13.0. The minimum Gasteiger partial charge on any atom is -0.341 e. The fraction of sp³-hybridized carbons (Fsp3) is 0.143. The fourth-order valence-electron chi connectivity index (χ4n) is 3.89. The van der Waals surface area contributed by atoms with Crippen molar-refractivity contribution in [2.45, 2.75) is 18.1 Å². The largest absolute Gasteiger partial charge is 0.341 e. The first-order valence-electron chi connectivity index (χ1n) is 11.7. The summed E-state index contributed by atoms with van der Waals surface area (Å²) in [6.07, 6.45) is 4.41. The SMILES string of the molecule is CN(Cc1cnn(-c2ccccc2)c1)C(=O)CSc1nnc(Cc2ccccc2)n1-c1ccccc1. The average Bonchev–Trinajstić information content (AvgIpc) is 3.56. The molecule has 0 aliphatic heterocycles. The quantitative estimate of drug-likeness (QED) is 0.276. The monoisotopic (exact) mass is 494 g/mol. The summed E-state index contributed by atoms with van der Waals surface area (Å²) < 4.78 is 3.85. The van der Waals surface area contributed by atoms with Crippen LogP contribution in [0.2, 0.25) is 0 Å². The summed E-state index contributed by atoms with van der Waals surface area (Å²) in [6, 6.07) is 30.1. The third kappa shape index (κ3) is 5.55. The number of nitrogens with zero attached hydrogens (tertiary/aromatic N) is 6. The van der Waals surface area contributed by atoms with Crippen LogP contribution in [0.15, 0.2) is 109 Å². The van der Waals surface area contributed by atoms with E-state index in [2.05, 4.69) is 27.4 Å². The molecule has 1 amide bonds. The van der Waals surface area contributed by atoms with Gasteiger partial charge in [0, 0.05) is 37.5 Å². The van der Waals surface area contributed by atoms with Crippen LogP contribution in [0.5, 0.6) is 0 Å². The molecular weight excluding hydrogens is 468 g/mol. The second kappa shape index (κ2) is 11.0. The maximum Gasteiger partial charge on any atom is 0.233 e. The van der Waals surface area contributed by atoms with Crippen molar-refractivity contribution in [3.63, 3.8) is 0 Å². The van der Waals surface area contributed by atoms with Crippen molar-refractivity contribution in [1.29, 1.82) is 0 Å². The van der Waals surface area contributed by atoms with E-state index in [4.69, 9.17) is 0 Å². The zero-order chi connectivity index (χ0) is 24.7. The van der Waals surface area contributed by atoms with Crippen LogP contribution in [-0.2, 0) is 17.8 Å². The molecule has 5 aromatic rings. The van der Waals surface area contributed by atoms with Crippen molar-refractivity contribution in [3.8, 4) is 11.4 Å². The minimum atomic E-state index is 0.0136. The van der Waals surface area contributed by atoms with Gasteiger partial charge in [0.2, 0.25) is 5.91 Å². The van der Waals surface area contributed by atoms with Crippen molar-refractivity contribution in [3.05, 3.63) is 120 Å². The van der Waals surface area contributed by atoms with E-state index in [-0.39, 0.29) is 11.7 Å². The Morgan fingerprint density at radius 3 is 2.17 bits per heavy atom. The highest BCUT2D eigenvalue weighted by Gasteiger charge is 2.18. The fourth-order valence-corrected chi connectivity index (χ4v) is 4.80. The van der Waals surface area contributed by atoms with Gasteiger partial charge in [-0.1, -0.05) is 78.5 Å². The van der Waals surface area contributed by atoms with Crippen molar-refractivity contribution >= 4 is 17.7 Å². The van der Waals surface area contributed by atoms with Crippen LogP contribution >= 0.6 is 11.8 Å². The Labute approximate surface area is 214 Å². The number of hydrogen-bond acceptors (Lipinski definition) is 5. The molecule has 7 nitrogen and oxygen atoms in total. The lowest BCUT2D eigenvalue weighted by atomic mass is 10.1. The standard InChI is InChI=1S/C28H26N6OS/c1-32(19-23-18-29-33(20-23)24-13-7-3-8-14-24)27(35)21-36-28-31-30-26(17-22-11-5-2-6-12-22)34(28)25-15-9-4-10-16-25/h2-16,18,20H,17,19,21H2,1H3. The van der Waals surface area contributed by atoms with Crippen molar-refractivity contribution in [1.82, 2.24) is 29.4 Å². The van der Waals surface area contributed by atoms with Gasteiger partial charge in [-0.2, -0.15) is 5.10 Å².